The van der Waals surface area contributed by atoms with E-state index in [4.69, 9.17) is 9.47 Å². The third-order valence-electron chi connectivity index (χ3n) is 3.43. The van der Waals surface area contributed by atoms with Gasteiger partial charge in [-0.3, -0.25) is 4.79 Å². The number of amides is 2. The van der Waals surface area contributed by atoms with Crippen molar-refractivity contribution < 1.29 is 19.1 Å². The first kappa shape index (κ1) is 14.4. The summed E-state index contributed by atoms with van der Waals surface area (Å²) in [6, 6.07) is 7.09. The molecular weight excluding hydrogens is 258 g/mol. The Kier molecular flexibility index (Phi) is 4.27. The largest absolute Gasteiger partial charge is 0.497 e. The Labute approximate surface area is 118 Å². The van der Waals surface area contributed by atoms with Gasteiger partial charge in [-0.15, -0.1) is 0 Å². The predicted octanol–water partition coefficient (Wildman–Crippen LogP) is 2.24. The van der Waals surface area contributed by atoms with E-state index in [1.807, 2.05) is 32.0 Å². The zero-order valence-electron chi connectivity index (χ0n) is 12.0. The van der Waals surface area contributed by atoms with E-state index in [1.165, 1.54) is 4.90 Å². The lowest BCUT2D eigenvalue weighted by Crippen LogP contribution is -2.42. The summed E-state index contributed by atoms with van der Waals surface area (Å²) < 4.78 is 10.1. The number of hydrogen-bond acceptors (Lipinski definition) is 4. The summed E-state index contributed by atoms with van der Waals surface area (Å²) in [5.74, 6) is 0.634. The number of benzene rings is 1. The first-order valence-corrected chi connectivity index (χ1v) is 6.64. The molecule has 1 aromatic rings. The molecule has 1 aromatic carbocycles. The molecule has 1 aliphatic rings. The molecular formula is C15H19NO4. The fourth-order valence-corrected chi connectivity index (χ4v) is 2.26. The standard InChI is InChI=1S/C15H19NO4/c1-10(2)13-9-20-15(18)16(13)14(17)8-11-5-4-6-12(7-11)19-3/h4-7,10,13H,8-9H2,1-3H3/t13-/m1/s1. The van der Waals surface area contributed by atoms with Crippen molar-refractivity contribution in [2.45, 2.75) is 26.3 Å². The van der Waals surface area contributed by atoms with Gasteiger partial charge in [-0.1, -0.05) is 26.0 Å². The van der Waals surface area contributed by atoms with Crippen LogP contribution in [0.2, 0.25) is 0 Å². The van der Waals surface area contributed by atoms with Crippen LogP contribution in [0, 0.1) is 5.92 Å². The summed E-state index contributed by atoms with van der Waals surface area (Å²) in [6.45, 7) is 4.22. The molecule has 2 amide bonds. The molecule has 0 saturated carbocycles. The molecule has 0 bridgehead atoms. The smallest absolute Gasteiger partial charge is 0.416 e. The summed E-state index contributed by atoms with van der Waals surface area (Å²) in [7, 11) is 1.58. The summed E-state index contributed by atoms with van der Waals surface area (Å²) in [6.07, 6.45) is -0.383. The maximum Gasteiger partial charge on any atom is 0.416 e. The maximum atomic E-state index is 12.3. The van der Waals surface area contributed by atoms with Crippen molar-refractivity contribution in [2.75, 3.05) is 13.7 Å². The number of nitrogens with zero attached hydrogens (tertiary/aromatic N) is 1. The van der Waals surface area contributed by atoms with E-state index in [2.05, 4.69) is 0 Å². The molecule has 20 heavy (non-hydrogen) atoms. The highest BCUT2D eigenvalue weighted by Gasteiger charge is 2.39. The molecule has 1 aliphatic heterocycles. The van der Waals surface area contributed by atoms with E-state index < -0.39 is 6.09 Å². The SMILES string of the molecule is COc1cccc(CC(=O)N2C(=O)OC[C@@H]2C(C)C)c1. The van der Waals surface area contributed by atoms with Crippen molar-refractivity contribution in [3.8, 4) is 5.75 Å². The van der Waals surface area contributed by atoms with Crippen molar-refractivity contribution in [2.24, 2.45) is 5.92 Å². The van der Waals surface area contributed by atoms with Crippen molar-refractivity contribution in [3.63, 3.8) is 0 Å². The second kappa shape index (κ2) is 5.94. The van der Waals surface area contributed by atoms with Crippen LogP contribution in [0.15, 0.2) is 24.3 Å². The van der Waals surface area contributed by atoms with Gasteiger partial charge in [0.05, 0.1) is 19.6 Å². The molecule has 1 fully saturated rings. The summed E-state index contributed by atoms with van der Waals surface area (Å²) in [5, 5.41) is 0. The van der Waals surface area contributed by atoms with Gasteiger partial charge in [0, 0.05) is 0 Å². The average molecular weight is 277 g/mol. The maximum absolute atomic E-state index is 12.3. The lowest BCUT2D eigenvalue weighted by Gasteiger charge is -2.22. The van der Waals surface area contributed by atoms with E-state index in [9.17, 15) is 9.59 Å². The molecule has 0 radical (unpaired) electrons. The number of imide groups is 1. The molecule has 108 valence electrons. The number of hydrogen-bond donors (Lipinski definition) is 0. The minimum Gasteiger partial charge on any atom is -0.497 e. The van der Waals surface area contributed by atoms with Gasteiger partial charge in [-0.05, 0) is 23.6 Å². The normalized spacial score (nSPS) is 18.3. The second-order valence-corrected chi connectivity index (χ2v) is 5.18. The Morgan fingerprint density at radius 1 is 1.50 bits per heavy atom. The van der Waals surface area contributed by atoms with Crippen LogP contribution >= 0.6 is 0 Å². The second-order valence-electron chi connectivity index (χ2n) is 5.18. The number of methoxy groups -OCH3 is 1. The van der Waals surface area contributed by atoms with E-state index in [0.717, 1.165) is 5.56 Å². The summed E-state index contributed by atoms with van der Waals surface area (Å²) >= 11 is 0. The van der Waals surface area contributed by atoms with E-state index in [0.29, 0.717) is 5.75 Å². The van der Waals surface area contributed by atoms with Crippen molar-refractivity contribution in [1.82, 2.24) is 4.90 Å². The minimum atomic E-state index is -0.545. The molecule has 0 aliphatic carbocycles. The van der Waals surface area contributed by atoms with E-state index in [-0.39, 0.29) is 30.9 Å². The summed E-state index contributed by atoms with van der Waals surface area (Å²) in [5.41, 5.74) is 0.816. The molecule has 1 saturated heterocycles. The highest BCUT2D eigenvalue weighted by Crippen LogP contribution is 2.21. The van der Waals surface area contributed by atoms with Crippen LogP contribution in [-0.2, 0) is 16.0 Å². The van der Waals surface area contributed by atoms with Gasteiger partial charge in [0.2, 0.25) is 5.91 Å². The first-order chi connectivity index (χ1) is 9.52. The lowest BCUT2D eigenvalue weighted by molar-refractivity contribution is -0.129. The Morgan fingerprint density at radius 3 is 2.90 bits per heavy atom. The van der Waals surface area contributed by atoms with Gasteiger partial charge in [-0.2, -0.15) is 0 Å². The lowest BCUT2D eigenvalue weighted by atomic mass is 10.0. The van der Waals surface area contributed by atoms with Crippen LogP contribution in [0.25, 0.3) is 0 Å². The number of ether oxygens (including phenoxy) is 2. The van der Waals surface area contributed by atoms with E-state index >= 15 is 0 Å². The van der Waals surface area contributed by atoms with Crippen LogP contribution in [0.4, 0.5) is 4.79 Å². The molecule has 0 aromatic heterocycles. The molecule has 5 nitrogen and oxygen atoms in total. The van der Waals surface area contributed by atoms with Gasteiger partial charge in [0.25, 0.3) is 0 Å². The van der Waals surface area contributed by atoms with Crippen LogP contribution < -0.4 is 4.74 Å². The summed E-state index contributed by atoms with van der Waals surface area (Å²) in [4.78, 5) is 25.3. The first-order valence-electron chi connectivity index (χ1n) is 6.64. The monoisotopic (exact) mass is 277 g/mol. The number of carbonyl (C=O) groups is 2. The Balaban J connectivity index is 2.12. The molecule has 0 spiro atoms. The fourth-order valence-electron chi connectivity index (χ4n) is 2.26. The van der Waals surface area contributed by atoms with Crippen molar-refractivity contribution in [1.29, 1.82) is 0 Å². The fraction of sp³-hybridized carbons (Fsp3) is 0.467. The van der Waals surface area contributed by atoms with Crippen LogP contribution in [0.3, 0.4) is 0 Å². The quantitative estimate of drug-likeness (QED) is 0.847. The highest BCUT2D eigenvalue weighted by atomic mass is 16.6. The Bertz CT molecular complexity index is 512. The number of rotatable bonds is 4. The zero-order valence-corrected chi connectivity index (χ0v) is 12.0. The third-order valence-corrected chi connectivity index (χ3v) is 3.43. The van der Waals surface area contributed by atoms with Crippen molar-refractivity contribution in [3.05, 3.63) is 29.8 Å². The van der Waals surface area contributed by atoms with Crippen LogP contribution in [0.5, 0.6) is 5.75 Å². The zero-order chi connectivity index (χ0) is 14.7. The Hall–Kier alpha value is -2.04. The third kappa shape index (κ3) is 2.92. The highest BCUT2D eigenvalue weighted by molar-refractivity contribution is 5.94. The molecule has 5 heteroatoms. The molecule has 1 heterocycles. The minimum absolute atomic E-state index is 0.162. The average Bonchev–Trinajstić information content (AvgIpc) is 2.81. The molecule has 2 rings (SSSR count). The molecule has 1 atom stereocenters. The van der Waals surface area contributed by atoms with Crippen LogP contribution in [-0.4, -0.2) is 36.7 Å². The molecule has 0 N–H and O–H groups in total. The Morgan fingerprint density at radius 2 is 2.25 bits per heavy atom. The topological polar surface area (TPSA) is 55.8 Å². The molecule has 0 unspecified atom stereocenters. The van der Waals surface area contributed by atoms with E-state index in [1.54, 1.807) is 13.2 Å². The van der Waals surface area contributed by atoms with Gasteiger partial charge >= 0.3 is 6.09 Å². The number of cyclic esters (lactones) is 1. The van der Waals surface area contributed by atoms with Gasteiger partial charge < -0.3 is 9.47 Å². The predicted molar refractivity (Wildman–Crippen MR) is 73.5 cm³/mol. The van der Waals surface area contributed by atoms with Crippen molar-refractivity contribution >= 4 is 12.0 Å². The van der Waals surface area contributed by atoms with Gasteiger partial charge in [0.1, 0.15) is 12.4 Å². The van der Waals surface area contributed by atoms with Gasteiger partial charge in [0.15, 0.2) is 0 Å². The van der Waals surface area contributed by atoms with Gasteiger partial charge in [-0.25, -0.2) is 9.69 Å². The van der Waals surface area contributed by atoms with Crippen LogP contribution in [0.1, 0.15) is 19.4 Å². The number of carbonyl (C=O) groups excluding carboxylic acids is 2.